The van der Waals surface area contributed by atoms with Crippen LogP contribution in [0.5, 0.6) is 11.5 Å². The zero-order valence-electron chi connectivity index (χ0n) is 15.9. The monoisotopic (exact) mass is 354 g/mol. The van der Waals surface area contributed by atoms with Crippen molar-refractivity contribution in [1.82, 2.24) is 0 Å². The van der Waals surface area contributed by atoms with E-state index in [0.29, 0.717) is 23.5 Å². The second-order valence-electron chi connectivity index (χ2n) is 7.21. The average Bonchev–Trinajstić information content (AvgIpc) is 2.60. The summed E-state index contributed by atoms with van der Waals surface area (Å²) < 4.78 is 11.2. The normalized spacial score (nSPS) is 11.1. The van der Waals surface area contributed by atoms with Crippen LogP contribution in [-0.2, 0) is 9.59 Å². The van der Waals surface area contributed by atoms with Gasteiger partial charge in [-0.3, -0.25) is 9.59 Å². The molecule has 4 heteroatoms. The first-order valence-electron chi connectivity index (χ1n) is 8.94. The molecule has 2 rings (SSSR count). The molecule has 0 aliphatic heterocycles. The van der Waals surface area contributed by atoms with Gasteiger partial charge in [0.1, 0.15) is 11.5 Å². The van der Waals surface area contributed by atoms with Gasteiger partial charge >= 0.3 is 11.9 Å². The van der Waals surface area contributed by atoms with Gasteiger partial charge in [0, 0.05) is 17.5 Å². The Hall–Kier alpha value is -2.62. The Morgan fingerprint density at radius 3 is 1.85 bits per heavy atom. The van der Waals surface area contributed by atoms with E-state index in [2.05, 4.69) is 0 Å². The quantitative estimate of drug-likeness (QED) is 0.515. The lowest BCUT2D eigenvalue weighted by molar-refractivity contribution is -0.143. The van der Waals surface area contributed by atoms with E-state index in [0.717, 1.165) is 18.4 Å². The highest BCUT2D eigenvalue weighted by Crippen LogP contribution is 2.37. The number of carbonyl (C=O) groups is 2. The van der Waals surface area contributed by atoms with Crippen LogP contribution in [0.4, 0.5) is 0 Å². The fourth-order valence-corrected chi connectivity index (χ4v) is 2.30. The van der Waals surface area contributed by atoms with Crippen molar-refractivity contribution in [2.45, 2.75) is 47.0 Å². The topological polar surface area (TPSA) is 52.6 Å². The van der Waals surface area contributed by atoms with Crippen molar-refractivity contribution in [3.63, 3.8) is 0 Å². The summed E-state index contributed by atoms with van der Waals surface area (Å²) >= 11 is 0. The second-order valence-corrected chi connectivity index (χ2v) is 7.21. The van der Waals surface area contributed by atoms with E-state index >= 15 is 0 Å². The third kappa shape index (κ3) is 5.19. The minimum absolute atomic E-state index is 0.261. The Morgan fingerprint density at radius 1 is 0.846 bits per heavy atom. The molecule has 0 fully saturated rings. The van der Waals surface area contributed by atoms with Gasteiger partial charge in [0.2, 0.25) is 0 Å². The summed E-state index contributed by atoms with van der Waals surface area (Å²) in [4.78, 5) is 24.3. The number of hydrogen-bond acceptors (Lipinski definition) is 4. The first-order valence-corrected chi connectivity index (χ1v) is 8.94. The zero-order valence-corrected chi connectivity index (χ0v) is 15.9. The number of carbonyl (C=O) groups excluding carboxylic acids is 2. The van der Waals surface area contributed by atoms with E-state index < -0.39 is 5.41 Å². The lowest BCUT2D eigenvalue weighted by Gasteiger charge is -2.19. The largest absolute Gasteiger partial charge is 0.426 e. The van der Waals surface area contributed by atoms with Crippen LogP contribution in [-0.4, -0.2) is 11.9 Å². The first kappa shape index (κ1) is 19.7. The van der Waals surface area contributed by atoms with Gasteiger partial charge in [0.05, 0.1) is 5.41 Å². The first-order chi connectivity index (χ1) is 12.3. The fourth-order valence-electron chi connectivity index (χ4n) is 2.30. The summed E-state index contributed by atoms with van der Waals surface area (Å²) in [5, 5.41) is 0. The lowest BCUT2D eigenvalue weighted by atomic mass is 9.97. The van der Waals surface area contributed by atoms with Crippen molar-refractivity contribution < 1.29 is 19.1 Å². The Bertz CT molecular complexity index is 772. The predicted molar refractivity (Wildman–Crippen MR) is 102 cm³/mol. The molecule has 2 aromatic rings. The maximum absolute atomic E-state index is 12.3. The molecule has 4 nitrogen and oxygen atoms in total. The van der Waals surface area contributed by atoms with Crippen LogP contribution in [0.15, 0.2) is 48.5 Å². The van der Waals surface area contributed by atoms with Crippen molar-refractivity contribution in [2.24, 2.45) is 5.41 Å². The number of esters is 2. The molecule has 0 aliphatic rings. The van der Waals surface area contributed by atoms with E-state index in [1.54, 1.807) is 32.9 Å². The Labute approximate surface area is 155 Å². The predicted octanol–water partition coefficient (Wildman–Crippen LogP) is 5.40. The maximum Gasteiger partial charge on any atom is 0.316 e. The molecule has 138 valence electrons. The molecule has 0 bridgehead atoms. The van der Waals surface area contributed by atoms with Gasteiger partial charge in [-0.25, -0.2) is 0 Å². The van der Waals surface area contributed by atoms with Crippen LogP contribution in [0.25, 0.3) is 11.1 Å². The van der Waals surface area contributed by atoms with E-state index in [9.17, 15) is 9.59 Å². The van der Waals surface area contributed by atoms with Crippen molar-refractivity contribution in [3.05, 3.63) is 48.5 Å². The second kappa shape index (κ2) is 8.65. The van der Waals surface area contributed by atoms with Crippen molar-refractivity contribution in [3.8, 4) is 22.6 Å². The molecule has 0 N–H and O–H groups in total. The minimum atomic E-state index is -0.612. The zero-order chi connectivity index (χ0) is 19.2. The molecule has 0 amide bonds. The average molecular weight is 354 g/mol. The van der Waals surface area contributed by atoms with Crippen LogP contribution >= 0.6 is 0 Å². The third-order valence-electron chi connectivity index (χ3n) is 3.84. The smallest absolute Gasteiger partial charge is 0.316 e. The molecular weight excluding hydrogens is 328 g/mol. The van der Waals surface area contributed by atoms with E-state index in [-0.39, 0.29) is 11.9 Å². The summed E-state index contributed by atoms with van der Waals surface area (Å²) in [6.07, 6.45) is 2.11. The number of para-hydroxylation sites is 2. The Balaban J connectivity index is 2.35. The molecule has 2 aromatic carbocycles. The van der Waals surface area contributed by atoms with Crippen molar-refractivity contribution >= 4 is 11.9 Å². The number of ether oxygens (including phenoxy) is 2. The number of unbranched alkanes of at least 4 members (excludes halogenated alkanes) is 1. The minimum Gasteiger partial charge on any atom is -0.426 e. The number of rotatable bonds is 6. The van der Waals surface area contributed by atoms with Crippen LogP contribution in [0, 0.1) is 5.41 Å². The van der Waals surface area contributed by atoms with Gasteiger partial charge in [-0.1, -0.05) is 49.7 Å². The van der Waals surface area contributed by atoms with Gasteiger partial charge in [-0.05, 0) is 39.3 Å². The molecule has 0 aromatic heterocycles. The van der Waals surface area contributed by atoms with Gasteiger partial charge < -0.3 is 9.47 Å². The standard InChI is InChI=1S/C22H26O4/c1-5-6-15-20(23)25-18-13-9-7-11-16(18)17-12-8-10-14-19(17)26-21(24)22(2,3)4/h7-14H,5-6,15H2,1-4H3. The SMILES string of the molecule is CCCCC(=O)Oc1ccccc1-c1ccccc1OC(=O)C(C)(C)C. The lowest BCUT2D eigenvalue weighted by Crippen LogP contribution is -2.25. The Morgan fingerprint density at radius 2 is 1.35 bits per heavy atom. The number of hydrogen-bond donors (Lipinski definition) is 0. The molecule has 0 heterocycles. The van der Waals surface area contributed by atoms with Crippen molar-refractivity contribution in [2.75, 3.05) is 0 Å². The van der Waals surface area contributed by atoms with Crippen LogP contribution in [0.3, 0.4) is 0 Å². The van der Waals surface area contributed by atoms with Crippen molar-refractivity contribution in [1.29, 1.82) is 0 Å². The van der Waals surface area contributed by atoms with Gasteiger partial charge in [-0.2, -0.15) is 0 Å². The molecule has 26 heavy (non-hydrogen) atoms. The highest BCUT2D eigenvalue weighted by atomic mass is 16.5. The molecule has 0 unspecified atom stereocenters. The molecular formula is C22H26O4. The molecule has 0 aliphatic carbocycles. The summed E-state index contributed by atoms with van der Waals surface area (Å²) in [6, 6.07) is 14.5. The third-order valence-corrected chi connectivity index (χ3v) is 3.84. The highest BCUT2D eigenvalue weighted by molar-refractivity contribution is 5.84. The highest BCUT2D eigenvalue weighted by Gasteiger charge is 2.25. The molecule has 0 atom stereocenters. The summed E-state index contributed by atoms with van der Waals surface area (Å²) in [5.74, 6) is 0.336. The fraction of sp³-hybridized carbons (Fsp3) is 0.364. The van der Waals surface area contributed by atoms with Gasteiger partial charge in [-0.15, -0.1) is 0 Å². The summed E-state index contributed by atoms with van der Waals surface area (Å²) in [6.45, 7) is 7.45. The summed E-state index contributed by atoms with van der Waals surface area (Å²) in [5.41, 5.74) is 0.817. The van der Waals surface area contributed by atoms with Crippen LogP contribution in [0.1, 0.15) is 47.0 Å². The molecule has 0 saturated heterocycles. The Kier molecular flexibility index (Phi) is 6.56. The van der Waals surface area contributed by atoms with Crippen LogP contribution in [0.2, 0.25) is 0 Å². The van der Waals surface area contributed by atoms with E-state index in [1.165, 1.54) is 0 Å². The summed E-state index contributed by atoms with van der Waals surface area (Å²) in [7, 11) is 0. The molecule has 0 saturated carbocycles. The van der Waals surface area contributed by atoms with Gasteiger partial charge in [0.15, 0.2) is 0 Å². The molecule has 0 radical (unpaired) electrons. The van der Waals surface area contributed by atoms with E-state index in [4.69, 9.17) is 9.47 Å². The maximum atomic E-state index is 12.3. The van der Waals surface area contributed by atoms with Crippen LogP contribution < -0.4 is 9.47 Å². The number of benzene rings is 2. The molecule has 0 spiro atoms. The van der Waals surface area contributed by atoms with E-state index in [1.807, 2.05) is 43.3 Å². The van der Waals surface area contributed by atoms with Gasteiger partial charge in [0.25, 0.3) is 0 Å².